The summed E-state index contributed by atoms with van der Waals surface area (Å²) in [7, 11) is 0. The number of aromatic nitrogens is 3. The normalized spacial score (nSPS) is 14.8. The molecule has 0 spiro atoms. The molecule has 0 amide bonds. The molecule has 0 saturated heterocycles. The second-order valence-electron chi connectivity index (χ2n) is 17.7. The third-order valence-electron chi connectivity index (χ3n) is 12.6. The molecule has 1 atom stereocenters. The summed E-state index contributed by atoms with van der Waals surface area (Å²) in [5, 5.41) is 2.04. The first-order valence-corrected chi connectivity index (χ1v) is 21.2. The Kier molecular flexibility index (Phi) is 10.9. The summed E-state index contributed by atoms with van der Waals surface area (Å²) < 4.78 is 0. The van der Waals surface area contributed by atoms with Gasteiger partial charge in [0.05, 0.1) is 11.4 Å². The summed E-state index contributed by atoms with van der Waals surface area (Å²) >= 11 is 0. The van der Waals surface area contributed by atoms with Gasteiger partial charge in [-0.15, -0.1) is 22.8 Å². The molecule has 1 N–H and O–H groups in total. The Morgan fingerprint density at radius 3 is 1.26 bits per heavy atom. The van der Waals surface area contributed by atoms with Gasteiger partial charge in [-0.3, -0.25) is 0 Å². The predicted molar refractivity (Wildman–Crippen MR) is 250 cm³/mol. The van der Waals surface area contributed by atoms with E-state index in [2.05, 4.69) is 185 Å². The molecule has 5 heterocycles. The van der Waals surface area contributed by atoms with Crippen molar-refractivity contribution in [3.05, 3.63) is 225 Å². The van der Waals surface area contributed by atoms with Crippen LogP contribution < -0.4 is 20.7 Å². The van der Waals surface area contributed by atoms with Crippen molar-refractivity contribution in [2.45, 2.75) is 89.0 Å². The molecule has 0 fully saturated rings. The van der Waals surface area contributed by atoms with Crippen LogP contribution in [0.2, 0.25) is 0 Å². The van der Waals surface area contributed by atoms with E-state index < -0.39 is 0 Å². The number of aryl methyl sites for hydroxylation is 12. The van der Waals surface area contributed by atoms with Crippen molar-refractivity contribution >= 4 is 22.4 Å². The number of nitrogens with one attached hydrogen (secondary N) is 1. The van der Waals surface area contributed by atoms with Crippen molar-refractivity contribution in [2.24, 2.45) is 4.99 Å². The van der Waals surface area contributed by atoms with E-state index in [4.69, 9.17) is 15.0 Å². The van der Waals surface area contributed by atoms with E-state index in [0.29, 0.717) is 0 Å². The van der Waals surface area contributed by atoms with E-state index in [-0.39, 0.29) is 23.0 Å². The number of aromatic amines is 1. The van der Waals surface area contributed by atoms with Gasteiger partial charge in [0.1, 0.15) is 0 Å². The number of nitrogens with zero attached hydrogens (tertiary/aromatic N) is 3. The molecule has 2 aliphatic rings. The molecular weight excluding hydrogens is 784 g/mol. The van der Waals surface area contributed by atoms with Crippen LogP contribution >= 0.6 is 0 Å². The minimum atomic E-state index is -0.182. The summed E-state index contributed by atoms with van der Waals surface area (Å²) in [6.45, 7) is 26.5. The first-order chi connectivity index (χ1) is 28.7. The van der Waals surface area contributed by atoms with E-state index in [1.807, 2.05) is 0 Å². The topological polar surface area (TPSA) is 56.4 Å². The van der Waals surface area contributed by atoms with Crippen molar-refractivity contribution in [2.75, 3.05) is 0 Å². The number of rotatable bonds is 4. The predicted octanol–water partition coefficient (Wildman–Crippen LogP) is 11.0. The van der Waals surface area contributed by atoms with Crippen molar-refractivity contribution in [3.63, 3.8) is 0 Å². The second kappa shape index (κ2) is 15.9. The molecule has 4 aromatic carbocycles. The maximum atomic E-state index is 5.65. The Labute approximate surface area is 371 Å². The number of aliphatic imine (C=N–C) groups is 1. The van der Waals surface area contributed by atoms with Crippen LogP contribution in [0.4, 0.5) is 0 Å². The van der Waals surface area contributed by atoms with Crippen LogP contribution in [0.3, 0.4) is 0 Å². The van der Waals surface area contributed by atoms with Gasteiger partial charge in [-0.2, -0.15) is 0 Å². The van der Waals surface area contributed by atoms with Gasteiger partial charge in [0.2, 0.25) is 0 Å². The molecular formula is C56H54MnN4. The molecule has 2 aliphatic heterocycles. The molecule has 1 unspecified atom stereocenters. The van der Waals surface area contributed by atoms with E-state index in [1.54, 1.807) is 0 Å². The molecule has 305 valence electrons. The van der Waals surface area contributed by atoms with E-state index in [0.717, 1.165) is 61.6 Å². The van der Waals surface area contributed by atoms with Gasteiger partial charge in [0.25, 0.3) is 0 Å². The zero-order valence-corrected chi connectivity index (χ0v) is 38.7. The molecule has 8 bridgehead atoms. The number of fused-ring (bicyclic) bond motifs is 7. The summed E-state index contributed by atoms with van der Waals surface area (Å²) in [5.74, 6) is -0.182. The Hall–Kier alpha value is -5.87. The molecule has 1 radical (unpaired) electrons. The van der Waals surface area contributed by atoms with Crippen LogP contribution in [0.5, 0.6) is 0 Å². The number of allylic oxidation sites excluding steroid dienone is 2. The molecule has 0 saturated carbocycles. The molecule has 3 aromatic heterocycles. The largest absolute Gasteiger partial charge is 2.00 e. The molecule has 0 aliphatic carbocycles. The van der Waals surface area contributed by atoms with Gasteiger partial charge < -0.3 is 15.0 Å². The SMILES string of the molecule is Cc1cc(C)c(C2=C3C=CC(=N3)C(c3c(C)cc(C)cc3C)=c3ccc([nH]3)=C(c3c(C)cc(C)cc3C)c3ccc([n-]3)C(c3c(C)cc(C)cc3C)c3ccc2[n-]3)c(C)c1.[Mn+2]. The third-order valence-corrected chi connectivity index (χ3v) is 12.6. The quantitative estimate of drug-likeness (QED) is 0.180. The number of hydrogen-bond donors (Lipinski definition) is 1. The smallest absolute Gasteiger partial charge is 0.660 e. The average molecular weight is 838 g/mol. The van der Waals surface area contributed by atoms with Crippen molar-refractivity contribution in [1.29, 1.82) is 0 Å². The fourth-order valence-electron chi connectivity index (χ4n) is 10.7. The van der Waals surface area contributed by atoms with Crippen LogP contribution in [0.15, 0.2) is 108 Å². The van der Waals surface area contributed by atoms with Crippen LogP contribution in [0, 0.1) is 83.1 Å². The Balaban J connectivity index is 0.00000514. The van der Waals surface area contributed by atoms with Crippen molar-refractivity contribution < 1.29 is 17.1 Å². The Morgan fingerprint density at radius 2 is 0.803 bits per heavy atom. The zero-order valence-electron chi connectivity index (χ0n) is 37.5. The number of H-pyrrole nitrogens is 1. The third kappa shape index (κ3) is 7.28. The summed E-state index contributed by atoms with van der Waals surface area (Å²) in [6.07, 6.45) is 4.40. The van der Waals surface area contributed by atoms with Crippen LogP contribution in [0.1, 0.15) is 118 Å². The molecule has 5 heteroatoms. The number of hydrogen-bond acceptors (Lipinski definition) is 1. The minimum Gasteiger partial charge on any atom is -0.660 e. The molecule has 4 nitrogen and oxygen atoms in total. The average Bonchev–Trinajstić information content (AvgIpc) is 3.99. The Bertz CT molecular complexity index is 3080. The maximum Gasteiger partial charge on any atom is 2.00 e. The fourth-order valence-corrected chi connectivity index (χ4v) is 10.7. The first kappa shape index (κ1) is 41.8. The summed E-state index contributed by atoms with van der Waals surface area (Å²) in [4.78, 5) is 20.9. The van der Waals surface area contributed by atoms with E-state index in [9.17, 15) is 0 Å². The van der Waals surface area contributed by atoms with Gasteiger partial charge in [-0.1, -0.05) is 95.1 Å². The van der Waals surface area contributed by atoms with Crippen molar-refractivity contribution in [1.82, 2.24) is 15.0 Å². The summed E-state index contributed by atoms with van der Waals surface area (Å²) in [5.41, 5.74) is 28.5. The van der Waals surface area contributed by atoms with Crippen molar-refractivity contribution in [3.8, 4) is 0 Å². The van der Waals surface area contributed by atoms with Gasteiger partial charge in [0.15, 0.2) is 0 Å². The first-order valence-electron chi connectivity index (χ1n) is 21.2. The van der Waals surface area contributed by atoms with Gasteiger partial charge in [-0.25, -0.2) is 4.99 Å². The van der Waals surface area contributed by atoms with Crippen LogP contribution in [0.25, 0.3) is 16.7 Å². The van der Waals surface area contributed by atoms with Gasteiger partial charge in [-0.05, 0) is 191 Å². The second-order valence-corrected chi connectivity index (χ2v) is 17.7. The standard InChI is InChI=1S/C56H54N4.Mn/c1-29-21-33(5)49(34(6)22-29)53-41-13-15-43(57-41)54(50-35(7)23-30(2)24-36(50)8)45-17-19-47(59-45)56(52-39(11)27-32(4)28-40(52)12)48-20-18-46(60-48)55(44-16-14-42(53)58-44)51-37(9)25-31(3)26-38(51)10;/h13-28,53,59H,1-12H3;/q-2;+2. The maximum absolute atomic E-state index is 5.65. The van der Waals surface area contributed by atoms with Gasteiger partial charge >= 0.3 is 17.1 Å². The zero-order chi connectivity index (χ0) is 42.3. The summed E-state index contributed by atoms with van der Waals surface area (Å²) in [6, 6.07) is 31.7. The molecule has 61 heavy (non-hydrogen) atoms. The van der Waals surface area contributed by atoms with Gasteiger partial charge in [0, 0.05) is 16.3 Å². The monoisotopic (exact) mass is 837 g/mol. The fraction of sp³-hybridized carbons (Fsp3) is 0.232. The van der Waals surface area contributed by atoms with Crippen LogP contribution in [-0.2, 0) is 17.1 Å². The minimum absolute atomic E-state index is 0. The number of benzene rings is 4. The molecule has 7 aromatic rings. The van der Waals surface area contributed by atoms with Crippen LogP contribution in [-0.4, -0.2) is 10.7 Å². The van der Waals surface area contributed by atoms with E-state index in [1.165, 1.54) is 89.0 Å². The Morgan fingerprint density at radius 1 is 0.426 bits per heavy atom. The van der Waals surface area contributed by atoms with E-state index >= 15 is 0 Å². The molecule has 9 rings (SSSR count).